The minimum atomic E-state index is 0.154. The highest BCUT2D eigenvalue weighted by Gasteiger charge is 2.14. The van der Waals surface area contributed by atoms with E-state index >= 15 is 0 Å². The highest BCUT2D eigenvalue weighted by molar-refractivity contribution is 5.63. The predicted molar refractivity (Wildman–Crippen MR) is 82.7 cm³/mol. The van der Waals surface area contributed by atoms with E-state index in [4.69, 9.17) is 0 Å². The number of benzene rings is 1. The molecular formula is C17H22N2. The molecule has 2 heteroatoms. The van der Waals surface area contributed by atoms with E-state index in [0.29, 0.717) is 0 Å². The summed E-state index contributed by atoms with van der Waals surface area (Å²) in [5.41, 5.74) is 4.88. The van der Waals surface area contributed by atoms with Crippen molar-refractivity contribution in [3.63, 3.8) is 0 Å². The standard InChI is InChI=1S/C17H22N2/c1-17(2,3)14-10-11-18-16(12-14)13-6-8-15(9-7-13)19(4)5/h6-12H,1-5H3. The number of anilines is 1. The third kappa shape index (κ3) is 3.14. The Labute approximate surface area is 116 Å². The monoisotopic (exact) mass is 254 g/mol. The number of nitrogens with zero attached hydrogens (tertiary/aromatic N) is 2. The Morgan fingerprint density at radius 1 is 0.947 bits per heavy atom. The molecule has 0 atom stereocenters. The van der Waals surface area contributed by atoms with Crippen LogP contribution in [0.15, 0.2) is 42.6 Å². The molecule has 0 aliphatic rings. The van der Waals surface area contributed by atoms with E-state index in [1.54, 1.807) is 0 Å². The molecule has 2 aromatic rings. The molecule has 0 amide bonds. The minimum Gasteiger partial charge on any atom is -0.378 e. The van der Waals surface area contributed by atoms with Gasteiger partial charge in [-0.2, -0.15) is 0 Å². The number of rotatable bonds is 2. The van der Waals surface area contributed by atoms with Crippen molar-refractivity contribution >= 4 is 5.69 Å². The summed E-state index contributed by atoms with van der Waals surface area (Å²) in [6, 6.07) is 12.8. The van der Waals surface area contributed by atoms with Gasteiger partial charge in [-0.15, -0.1) is 0 Å². The summed E-state index contributed by atoms with van der Waals surface area (Å²) in [6.45, 7) is 6.67. The summed E-state index contributed by atoms with van der Waals surface area (Å²) >= 11 is 0. The molecule has 0 bridgehead atoms. The van der Waals surface area contributed by atoms with Gasteiger partial charge in [0.15, 0.2) is 0 Å². The van der Waals surface area contributed by atoms with Crippen molar-refractivity contribution in [1.29, 1.82) is 0 Å². The third-order valence-corrected chi connectivity index (χ3v) is 3.31. The van der Waals surface area contributed by atoms with Crippen LogP contribution in [-0.4, -0.2) is 19.1 Å². The van der Waals surface area contributed by atoms with Gasteiger partial charge in [0.25, 0.3) is 0 Å². The molecule has 2 nitrogen and oxygen atoms in total. The smallest absolute Gasteiger partial charge is 0.0704 e. The molecular weight excluding hydrogens is 232 g/mol. The van der Waals surface area contributed by atoms with Crippen LogP contribution in [0.2, 0.25) is 0 Å². The zero-order valence-electron chi connectivity index (χ0n) is 12.4. The molecule has 0 saturated carbocycles. The van der Waals surface area contributed by atoms with Crippen LogP contribution >= 0.6 is 0 Å². The first-order chi connectivity index (χ1) is 8.88. The molecule has 1 aromatic heterocycles. The predicted octanol–water partition coefficient (Wildman–Crippen LogP) is 4.11. The van der Waals surface area contributed by atoms with Gasteiger partial charge in [0, 0.05) is 31.5 Å². The second-order valence-electron chi connectivity index (χ2n) is 6.12. The number of hydrogen-bond acceptors (Lipinski definition) is 2. The Morgan fingerprint density at radius 2 is 1.58 bits per heavy atom. The van der Waals surface area contributed by atoms with Crippen molar-refractivity contribution in [2.24, 2.45) is 0 Å². The highest BCUT2D eigenvalue weighted by Crippen LogP contribution is 2.26. The van der Waals surface area contributed by atoms with E-state index in [0.717, 1.165) is 11.3 Å². The zero-order chi connectivity index (χ0) is 14.0. The molecule has 1 aromatic carbocycles. The third-order valence-electron chi connectivity index (χ3n) is 3.31. The molecule has 19 heavy (non-hydrogen) atoms. The first-order valence-electron chi connectivity index (χ1n) is 6.62. The van der Waals surface area contributed by atoms with E-state index in [9.17, 15) is 0 Å². The van der Waals surface area contributed by atoms with Crippen molar-refractivity contribution in [1.82, 2.24) is 4.98 Å². The maximum absolute atomic E-state index is 4.48. The quantitative estimate of drug-likeness (QED) is 0.801. The van der Waals surface area contributed by atoms with Crippen LogP contribution in [0.25, 0.3) is 11.3 Å². The first-order valence-corrected chi connectivity index (χ1v) is 6.62. The van der Waals surface area contributed by atoms with Crippen LogP contribution < -0.4 is 4.90 Å². The van der Waals surface area contributed by atoms with Gasteiger partial charge in [0.2, 0.25) is 0 Å². The summed E-state index contributed by atoms with van der Waals surface area (Å²) in [5, 5.41) is 0. The lowest BCUT2D eigenvalue weighted by Crippen LogP contribution is -2.11. The van der Waals surface area contributed by atoms with Crippen molar-refractivity contribution in [2.75, 3.05) is 19.0 Å². The van der Waals surface area contributed by atoms with E-state index in [1.807, 2.05) is 20.3 Å². The van der Waals surface area contributed by atoms with Crippen LogP contribution in [0.1, 0.15) is 26.3 Å². The fourth-order valence-electron chi connectivity index (χ4n) is 1.99. The second kappa shape index (κ2) is 5.04. The second-order valence-corrected chi connectivity index (χ2v) is 6.12. The average Bonchev–Trinajstić information content (AvgIpc) is 2.38. The van der Waals surface area contributed by atoms with Crippen molar-refractivity contribution in [3.8, 4) is 11.3 Å². The molecule has 100 valence electrons. The van der Waals surface area contributed by atoms with Gasteiger partial charge >= 0.3 is 0 Å². The lowest BCUT2D eigenvalue weighted by atomic mass is 9.87. The van der Waals surface area contributed by atoms with Crippen LogP contribution in [0.5, 0.6) is 0 Å². The van der Waals surface area contributed by atoms with Crippen LogP contribution in [0.4, 0.5) is 5.69 Å². The lowest BCUT2D eigenvalue weighted by molar-refractivity contribution is 0.589. The van der Waals surface area contributed by atoms with Gasteiger partial charge in [-0.05, 0) is 35.2 Å². The fourth-order valence-corrected chi connectivity index (χ4v) is 1.99. The summed E-state index contributed by atoms with van der Waals surface area (Å²) in [7, 11) is 4.10. The van der Waals surface area contributed by atoms with Crippen LogP contribution in [0, 0.1) is 0 Å². The molecule has 1 heterocycles. The molecule has 0 radical (unpaired) electrons. The van der Waals surface area contributed by atoms with Gasteiger partial charge < -0.3 is 4.90 Å². The fraction of sp³-hybridized carbons (Fsp3) is 0.353. The summed E-state index contributed by atoms with van der Waals surface area (Å²) < 4.78 is 0. The van der Waals surface area contributed by atoms with E-state index in [1.165, 1.54) is 11.3 Å². The topological polar surface area (TPSA) is 16.1 Å². The zero-order valence-corrected chi connectivity index (χ0v) is 12.4. The molecule has 0 saturated heterocycles. The number of hydrogen-bond donors (Lipinski definition) is 0. The van der Waals surface area contributed by atoms with Crippen molar-refractivity contribution in [2.45, 2.75) is 26.2 Å². The Hall–Kier alpha value is -1.83. The molecule has 2 rings (SSSR count). The van der Waals surface area contributed by atoms with Gasteiger partial charge in [-0.1, -0.05) is 32.9 Å². The van der Waals surface area contributed by atoms with E-state index in [2.05, 4.69) is 67.1 Å². The largest absolute Gasteiger partial charge is 0.378 e. The first kappa shape index (κ1) is 13.6. The Bertz CT molecular complexity index is 548. The maximum atomic E-state index is 4.48. The van der Waals surface area contributed by atoms with Gasteiger partial charge in [0.05, 0.1) is 5.69 Å². The lowest BCUT2D eigenvalue weighted by Gasteiger charge is -2.19. The van der Waals surface area contributed by atoms with Crippen molar-refractivity contribution < 1.29 is 0 Å². The molecule has 0 N–H and O–H groups in total. The molecule has 0 fully saturated rings. The van der Waals surface area contributed by atoms with E-state index in [-0.39, 0.29) is 5.41 Å². The van der Waals surface area contributed by atoms with Gasteiger partial charge in [-0.3, -0.25) is 4.98 Å². The SMILES string of the molecule is CN(C)c1ccc(-c2cc(C(C)(C)C)ccn2)cc1. The number of pyridine rings is 1. The Morgan fingerprint density at radius 3 is 2.11 bits per heavy atom. The van der Waals surface area contributed by atoms with Crippen LogP contribution in [-0.2, 0) is 5.41 Å². The minimum absolute atomic E-state index is 0.154. The summed E-state index contributed by atoms with van der Waals surface area (Å²) in [5.74, 6) is 0. The Balaban J connectivity index is 2.37. The van der Waals surface area contributed by atoms with Gasteiger partial charge in [0.1, 0.15) is 0 Å². The highest BCUT2D eigenvalue weighted by atomic mass is 15.1. The van der Waals surface area contributed by atoms with Crippen molar-refractivity contribution in [3.05, 3.63) is 48.2 Å². The average molecular weight is 254 g/mol. The molecule has 0 aliphatic heterocycles. The normalized spacial score (nSPS) is 11.4. The summed E-state index contributed by atoms with van der Waals surface area (Å²) in [6.07, 6.45) is 1.90. The summed E-state index contributed by atoms with van der Waals surface area (Å²) in [4.78, 5) is 6.58. The molecule has 0 aliphatic carbocycles. The maximum Gasteiger partial charge on any atom is 0.0704 e. The Kier molecular flexibility index (Phi) is 3.61. The van der Waals surface area contributed by atoms with E-state index < -0.39 is 0 Å². The van der Waals surface area contributed by atoms with Crippen LogP contribution in [0.3, 0.4) is 0 Å². The van der Waals surface area contributed by atoms with Gasteiger partial charge in [-0.25, -0.2) is 0 Å². The molecule has 0 unspecified atom stereocenters. The molecule has 0 spiro atoms. The number of aromatic nitrogens is 1.